The minimum atomic E-state index is -0.844. The fourth-order valence-electron chi connectivity index (χ4n) is 4.03. The van der Waals surface area contributed by atoms with Crippen molar-refractivity contribution in [3.05, 3.63) is 111 Å². The average Bonchev–Trinajstić information content (AvgIpc) is 3.20. The summed E-state index contributed by atoms with van der Waals surface area (Å²) in [5.41, 5.74) is 5.85. The summed E-state index contributed by atoms with van der Waals surface area (Å²) in [7, 11) is 0. The molecule has 0 aliphatic rings. The minimum absolute atomic E-state index is 0.0143. The molecule has 3 aromatic carbocycles. The van der Waals surface area contributed by atoms with Crippen molar-refractivity contribution in [1.29, 1.82) is 0 Å². The van der Waals surface area contributed by atoms with E-state index in [2.05, 4.69) is 5.16 Å². The Morgan fingerprint density at radius 2 is 1.56 bits per heavy atom. The maximum Gasteiger partial charge on any atom is 0.311 e. The molecule has 0 fully saturated rings. The van der Waals surface area contributed by atoms with Gasteiger partial charge in [-0.1, -0.05) is 83.5 Å². The van der Waals surface area contributed by atoms with Gasteiger partial charge in [-0.15, -0.1) is 0 Å². The number of aromatic nitrogens is 1. The van der Waals surface area contributed by atoms with E-state index < -0.39 is 18.0 Å². The third kappa shape index (κ3) is 6.20. The summed E-state index contributed by atoms with van der Waals surface area (Å²) in [6.07, 6.45) is 0.277. The molecule has 4 rings (SSSR count). The van der Waals surface area contributed by atoms with Gasteiger partial charge < -0.3 is 14.4 Å². The third-order valence-corrected chi connectivity index (χ3v) is 6.30. The van der Waals surface area contributed by atoms with Crippen molar-refractivity contribution in [2.45, 2.75) is 39.2 Å². The Labute approximate surface area is 214 Å². The van der Waals surface area contributed by atoms with Gasteiger partial charge in [0.15, 0.2) is 5.76 Å². The predicted molar refractivity (Wildman–Crippen MR) is 137 cm³/mol. The maximum atomic E-state index is 12.7. The molecule has 0 aliphatic carbocycles. The molecule has 1 atom stereocenters. The van der Waals surface area contributed by atoms with E-state index in [1.54, 1.807) is 19.9 Å². The molecular formula is C29H26ClNO5. The van der Waals surface area contributed by atoms with E-state index in [0.717, 1.165) is 27.8 Å². The number of aliphatic carboxylic acids is 1. The number of halogens is 1. The number of carbonyl (C=O) groups excluding carboxylic acids is 1. The van der Waals surface area contributed by atoms with Crippen molar-refractivity contribution in [2.24, 2.45) is 0 Å². The second kappa shape index (κ2) is 11.2. The molecule has 1 N–H and O–H groups in total. The quantitative estimate of drug-likeness (QED) is 0.267. The summed E-state index contributed by atoms with van der Waals surface area (Å²) in [5, 5.41) is 13.5. The van der Waals surface area contributed by atoms with E-state index >= 15 is 0 Å². The Morgan fingerprint density at radius 3 is 2.19 bits per heavy atom. The van der Waals surface area contributed by atoms with Crippen LogP contribution in [0.5, 0.6) is 0 Å². The normalized spacial score (nSPS) is 11.8. The van der Waals surface area contributed by atoms with Crippen molar-refractivity contribution in [1.82, 2.24) is 5.16 Å². The topological polar surface area (TPSA) is 89.6 Å². The smallest absolute Gasteiger partial charge is 0.311 e. The van der Waals surface area contributed by atoms with Gasteiger partial charge in [0, 0.05) is 21.7 Å². The zero-order valence-corrected chi connectivity index (χ0v) is 20.8. The van der Waals surface area contributed by atoms with Crippen LogP contribution in [0, 0.1) is 6.92 Å². The van der Waals surface area contributed by atoms with Crippen LogP contribution in [-0.4, -0.2) is 22.2 Å². The molecule has 1 aromatic heterocycles. The van der Waals surface area contributed by atoms with Crippen LogP contribution in [0.25, 0.3) is 11.3 Å². The second-order valence-corrected chi connectivity index (χ2v) is 9.07. The second-order valence-electron chi connectivity index (χ2n) is 8.67. The van der Waals surface area contributed by atoms with Gasteiger partial charge in [-0.25, -0.2) is 0 Å². The Kier molecular flexibility index (Phi) is 7.86. The molecule has 184 valence electrons. The Hall–Kier alpha value is -3.90. The molecule has 36 heavy (non-hydrogen) atoms. The number of hydrogen-bond acceptors (Lipinski definition) is 5. The van der Waals surface area contributed by atoms with Gasteiger partial charge >= 0.3 is 11.9 Å². The molecule has 0 aliphatic heterocycles. The molecular weight excluding hydrogens is 478 g/mol. The lowest BCUT2D eigenvalue weighted by Crippen LogP contribution is -2.12. The van der Waals surface area contributed by atoms with Crippen LogP contribution in [0.15, 0.2) is 77.3 Å². The van der Waals surface area contributed by atoms with E-state index in [9.17, 15) is 9.59 Å². The fraction of sp³-hybridized carbons (Fsp3) is 0.207. The molecule has 0 spiro atoms. The van der Waals surface area contributed by atoms with Gasteiger partial charge in [0.05, 0.1) is 18.5 Å². The monoisotopic (exact) mass is 503 g/mol. The summed E-state index contributed by atoms with van der Waals surface area (Å²) >= 11 is 6.23. The number of aryl methyl sites for hydroxylation is 1. The van der Waals surface area contributed by atoms with Crippen LogP contribution in [0.3, 0.4) is 0 Å². The van der Waals surface area contributed by atoms with Gasteiger partial charge in [-0.3, -0.25) is 9.59 Å². The maximum absolute atomic E-state index is 12.7. The van der Waals surface area contributed by atoms with Crippen LogP contribution < -0.4 is 0 Å². The van der Waals surface area contributed by atoms with Gasteiger partial charge in [0.2, 0.25) is 0 Å². The van der Waals surface area contributed by atoms with Crippen LogP contribution in [0.4, 0.5) is 0 Å². The summed E-state index contributed by atoms with van der Waals surface area (Å²) in [5.74, 6) is -0.693. The molecule has 0 radical (unpaired) electrons. The Morgan fingerprint density at radius 1 is 0.944 bits per heavy atom. The molecule has 7 heteroatoms. The van der Waals surface area contributed by atoms with Crippen molar-refractivity contribution in [3.63, 3.8) is 0 Å². The first-order chi connectivity index (χ1) is 17.3. The highest BCUT2D eigenvalue weighted by molar-refractivity contribution is 6.31. The van der Waals surface area contributed by atoms with Crippen LogP contribution in [-0.2, 0) is 33.6 Å². The number of rotatable bonds is 9. The lowest BCUT2D eigenvalue weighted by Gasteiger charge is -2.15. The number of esters is 1. The summed E-state index contributed by atoms with van der Waals surface area (Å²) < 4.78 is 11.2. The molecule has 0 amide bonds. The average molecular weight is 504 g/mol. The number of benzene rings is 3. The van der Waals surface area contributed by atoms with Gasteiger partial charge in [0.1, 0.15) is 6.10 Å². The van der Waals surface area contributed by atoms with Crippen molar-refractivity contribution in [2.75, 3.05) is 0 Å². The van der Waals surface area contributed by atoms with Crippen LogP contribution in [0.2, 0.25) is 5.02 Å². The van der Waals surface area contributed by atoms with Crippen LogP contribution >= 0.6 is 11.6 Å². The third-order valence-electron chi connectivity index (χ3n) is 5.96. The molecule has 1 heterocycles. The first-order valence-corrected chi connectivity index (χ1v) is 12.0. The van der Waals surface area contributed by atoms with E-state index in [1.807, 2.05) is 66.7 Å². The lowest BCUT2D eigenvalue weighted by molar-refractivity contribution is -0.147. The minimum Gasteiger partial charge on any atom is -0.481 e. The van der Waals surface area contributed by atoms with E-state index in [4.69, 9.17) is 26.0 Å². The zero-order chi connectivity index (χ0) is 25.7. The molecule has 0 saturated carbocycles. The summed E-state index contributed by atoms with van der Waals surface area (Å²) in [6, 6.07) is 22.7. The molecule has 0 saturated heterocycles. The van der Waals surface area contributed by atoms with E-state index in [0.29, 0.717) is 28.5 Å². The van der Waals surface area contributed by atoms with Crippen molar-refractivity contribution < 1.29 is 24.0 Å². The lowest BCUT2D eigenvalue weighted by atomic mass is 9.99. The van der Waals surface area contributed by atoms with Gasteiger partial charge in [0.25, 0.3) is 0 Å². The first kappa shape index (κ1) is 25.2. The largest absolute Gasteiger partial charge is 0.481 e. The highest BCUT2D eigenvalue weighted by Crippen LogP contribution is 2.29. The number of nitrogens with zero attached hydrogens (tertiary/aromatic N) is 1. The number of carboxylic acid groups (broad SMARTS) is 1. The van der Waals surface area contributed by atoms with Crippen molar-refractivity contribution in [3.8, 4) is 11.3 Å². The van der Waals surface area contributed by atoms with Gasteiger partial charge in [-0.05, 0) is 43.0 Å². The Bertz CT molecular complexity index is 1360. The van der Waals surface area contributed by atoms with Crippen LogP contribution in [0.1, 0.15) is 46.5 Å². The fourth-order valence-corrected chi connectivity index (χ4v) is 4.32. The molecule has 6 nitrogen and oxygen atoms in total. The number of ether oxygens (including phenoxy) is 1. The van der Waals surface area contributed by atoms with E-state index in [1.165, 1.54) is 0 Å². The highest BCUT2D eigenvalue weighted by atomic mass is 35.5. The number of hydrogen-bond donors (Lipinski definition) is 1. The number of carboxylic acids is 1. The summed E-state index contributed by atoms with van der Waals surface area (Å²) in [4.78, 5) is 23.6. The van der Waals surface area contributed by atoms with Gasteiger partial charge in [-0.2, -0.15) is 0 Å². The highest BCUT2D eigenvalue weighted by Gasteiger charge is 2.21. The Balaban J connectivity index is 1.43. The molecule has 1 unspecified atom stereocenters. The zero-order valence-electron chi connectivity index (χ0n) is 20.0. The molecule has 4 aromatic rings. The van der Waals surface area contributed by atoms with E-state index in [-0.39, 0.29) is 12.8 Å². The first-order valence-electron chi connectivity index (χ1n) is 11.6. The number of carbonyl (C=O) groups is 2. The SMILES string of the molecule is Cc1noc(-c2ccc(Cc3ccc(CC(=O)O)cc3)cc2)c1CC(=O)OC(C)c1ccccc1Cl. The predicted octanol–water partition coefficient (Wildman–Crippen LogP) is 6.37. The van der Waals surface area contributed by atoms with Crippen molar-refractivity contribution >= 4 is 23.5 Å². The summed E-state index contributed by atoms with van der Waals surface area (Å²) in [6.45, 7) is 3.59. The molecule has 0 bridgehead atoms. The standard InChI is InChI=1S/C29H26ClNO5/c1-18-25(17-28(34)35-19(2)24-5-3-4-6-26(24)30)29(36-31-18)23-13-11-21(12-14-23)15-20-7-9-22(10-8-20)16-27(32)33/h3-14,19H,15-17H2,1-2H3,(H,32,33).